The van der Waals surface area contributed by atoms with E-state index in [1.165, 1.54) is 19.3 Å². The molecule has 1 N–H and O–H groups in total. The summed E-state index contributed by atoms with van der Waals surface area (Å²) in [5.74, 6) is 3.78. The number of benzene rings is 1. The maximum Gasteiger partial charge on any atom is 0.321 e. The standard InChI is InChI=1S/C20H25N5O3/c26-20(21-15-7-8-16-17(11-15)28-13-27-16)24-9-4-5-14(12-24)19-23-22-18-6-2-1-3-10-25(18)19/h7-8,11,14H,1-6,9-10,12-13H2,(H,21,26)/t14-/m1/s1. The van der Waals surface area contributed by atoms with E-state index in [0.29, 0.717) is 23.7 Å². The Balaban J connectivity index is 1.28. The number of nitrogens with zero attached hydrogens (tertiary/aromatic N) is 4. The fourth-order valence-corrected chi connectivity index (χ4v) is 4.36. The van der Waals surface area contributed by atoms with Gasteiger partial charge in [0.15, 0.2) is 11.5 Å². The molecular formula is C20H25N5O3. The van der Waals surface area contributed by atoms with Gasteiger partial charge >= 0.3 is 6.03 Å². The molecule has 2 amide bonds. The first-order valence-electron chi connectivity index (χ1n) is 10.2. The van der Waals surface area contributed by atoms with Crippen molar-refractivity contribution in [3.63, 3.8) is 0 Å². The van der Waals surface area contributed by atoms with Crippen LogP contribution in [0.3, 0.4) is 0 Å². The molecule has 1 aromatic heterocycles. The summed E-state index contributed by atoms with van der Waals surface area (Å²) in [6.07, 6.45) is 6.64. The molecule has 3 aliphatic heterocycles. The number of likely N-dealkylation sites (tertiary alicyclic amines) is 1. The first-order chi connectivity index (χ1) is 13.8. The third-order valence-corrected chi connectivity index (χ3v) is 5.84. The summed E-state index contributed by atoms with van der Waals surface area (Å²) in [6.45, 7) is 2.66. The molecule has 0 radical (unpaired) electrons. The Morgan fingerprint density at radius 1 is 1.07 bits per heavy atom. The van der Waals surface area contributed by atoms with Crippen molar-refractivity contribution in [2.24, 2.45) is 0 Å². The third-order valence-electron chi connectivity index (χ3n) is 5.84. The summed E-state index contributed by atoms with van der Waals surface area (Å²) >= 11 is 0. The number of fused-ring (bicyclic) bond motifs is 2. The zero-order valence-corrected chi connectivity index (χ0v) is 15.9. The number of carbonyl (C=O) groups excluding carboxylic acids is 1. The van der Waals surface area contributed by atoms with E-state index in [2.05, 4.69) is 20.1 Å². The fraction of sp³-hybridized carbons (Fsp3) is 0.550. The minimum absolute atomic E-state index is 0.0841. The molecule has 0 bridgehead atoms. The second-order valence-electron chi connectivity index (χ2n) is 7.72. The molecule has 3 aliphatic rings. The van der Waals surface area contributed by atoms with Crippen LogP contribution in [-0.2, 0) is 13.0 Å². The number of anilines is 1. The highest BCUT2D eigenvalue weighted by Gasteiger charge is 2.29. The SMILES string of the molecule is O=C(Nc1ccc2c(c1)OCO2)N1CCC[C@@H](c2nnc3n2CCCCC3)C1. The van der Waals surface area contributed by atoms with Crippen LogP contribution >= 0.6 is 0 Å². The van der Waals surface area contributed by atoms with Crippen molar-refractivity contribution in [1.29, 1.82) is 0 Å². The number of nitrogens with one attached hydrogen (secondary N) is 1. The van der Waals surface area contributed by atoms with Crippen LogP contribution < -0.4 is 14.8 Å². The van der Waals surface area contributed by atoms with Crippen molar-refractivity contribution in [3.8, 4) is 11.5 Å². The first-order valence-corrected chi connectivity index (χ1v) is 10.2. The van der Waals surface area contributed by atoms with Crippen molar-refractivity contribution in [1.82, 2.24) is 19.7 Å². The van der Waals surface area contributed by atoms with E-state index in [1.54, 1.807) is 6.07 Å². The van der Waals surface area contributed by atoms with Crippen molar-refractivity contribution in [2.75, 3.05) is 25.2 Å². The van der Waals surface area contributed by atoms with Gasteiger partial charge in [0.2, 0.25) is 6.79 Å². The molecule has 1 aromatic carbocycles. The molecule has 0 aliphatic carbocycles. The van der Waals surface area contributed by atoms with E-state index in [4.69, 9.17) is 9.47 Å². The summed E-state index contributed by atoms with van der Waals surface area (Å²) < 4.78 is 13.0. The van der Waals surface area contributed by atoms with Crippen LogP contribution in [0.25, 0.3) is 0 Å². The van der Waals surface area contributed by atoms with Crippen molar-refractivity contribution >= 4 is 11.7 Å². The predicted molar refractivity (Wildman–Crippen MR) is 103 cm³/mol. The number of aromatic nitrogens is 3. The number of amides is 2. The lowest BCUT2D eigenvalue weighted by molar-refractivity contribution is 0.174. The Kier molecular flexibility index (Phi) is 4.54. The van der Waals surface area contributed by atoms with Crippen molar-refractivity contribution in [2.45, 2.75) is 51.0 Å². The molecular weight excluding hydrogens is 358 g/mol. The number of rotatable bonds is 2. The third kappa shape index (κ3) is 3.27. The molecule has 1 fully saturated rings. The van der Waals surface area contributed by atoms with Crippen LogP contribution in [-0.4, -0.2) is 45.6 Å². The zero-order chi connectivity index (χ0) is 18.9. The van der Waals surface area contributed by atoms with Gasteiger partial charge in [-0.1, -0.05) is 6.42 Å². The molecule has 1 saturated heterocycles. The Labute approximate surface area is 163 Å². The second-order valence-corrected chi connectivity index (χ2v) is 7.72. The minimum atomic E-state index is -0.0841. The van der Waals surface area contributed by atoms with Gasteiger partial charge in [-0.25, -0.2) is 4.79 Å². The Bertz CT molecular complexity index is 881. The van der Waals surface area contributed by atoms with Crippen LogP contribution in [0, 0.1) is 0 Å². The highest BCUT2D eigenvalue weighted by molar-refractivity contribution is 5.89. The van der Waals surface area contributed by atoms with Gasteiger partial charge in [0.25, 0.3) is 0 Å². The van der Waals surface area contributed by atoms with Crippen molar-refractivity contribution in [3.05, 3.63) is 29.8 Å². The summed E-state index contributed by atoms with van der Waals surface area (Å²) in [7, 11) is 0. The van der Waals surface area contributed by atoms with E-state index < -0.39 is 0 Å². The zero-order valence-electron chi connectivity index (χ0n) is 15.9. The number of ether oxygens (including phenoxy) is 2. The maximum absolute atomic E-state index is 12.8. The van der Waals surface area contributed by atoms with Crippen LogP contribution in [0.4, 0.5) is 10.5 Å². The molecule has 28 heavy (non-hydrogen) atoms. The number of hydrogen-bond donors (Lipinski definition) is 1. The number of carbonyl (C=O) groups is 1. The normalized spacial score (nSPS) is 21.1. The first kappa shape index (κ1) is 17.3. The number of hydrogen-bond acceptors (Lipinski definition) is 5. The molecule has 148 valence electrons. The predicted octanol–water partition coefficient (Wildman–Crippen LogP) is 3.14. The van der Waals surface area contributed by atoms with E-state index in [9.17, 15) is 4.79 Å². The average Bonchev–Trinajstić information content (AvgIpc) is 3.28. The molecule has 4 heterocycles. The molecule has 5 rings (SSSR count). The van der Waals surface area contributed by atoms with Gasteiger partial charge in [0.05, 0.1) is 0 Å². The van der Waals surface area contributed by atoms with Gasteiger partial charge in [-0.15, -0.1) is 10.2 Å². The maximum atomic E-state index is 12.8. The van der Waals surface area contributed by atoms with Crippen LogP contribution in [0.5, 0.6) is 11.5 Å². The quantitative estimate of drug-likeness (QED) is 0.862. The monoisotopic (exact) mass is 383 g/mol. The van der Waals surface area contributed by atoms with E-state index in [0.717, 1.165) is 44.0 Å². The van der Waals surface area contributed by atoms with Crippen molar-refractivity contribution < 1.29 is 14.3 Å². The second kappa shape index (κ2) is 7.33. The molecule has 2 aromatic rings. The lowest BCUT2D eigenvalue weighted by atomic mass is 9.97. The van der Waals surface area contributed by atoms with Crippen LogP contribution in [0.15, 0.2) is 18.2 Å². The van der Waals surface area contributed by atoms with E-state index >= 15 is 0 Å². The van der Waals surface area contributed by atoms with Gasteiger partial charge in [-0.3, -0.25) is 0 Å². The Hall–Kier alpha value is -2.77. The number of urea groups is 1. The number of piperidine rings is 1. The molecule has 1 atom stereocenters. The smallest absolute Gasteiger partial charge is 0.321 e. The molecule has 8 heteroatoms. The van der Waals surface area contributed by atoms with E-state index in [-0.39, 0.29) is 18.7 Å². The molecule has 0 spiro atoms. The van der Waals surface area contributed by atoms with Gasteiger partial charge in [0.1, 0.15) is 11.6 Å². The molecule has 0 saturated carbocycles. The summed E-state index contributed by atoms with van der Waals surface area (Å²) in [5, 5.41) is 11.9. The highest BCUT2D eigenvalue weighted by atomic mass is 16.7. The highest BCUT2D eigenvalue weighted by Crippen LogP contribution is 2.34. The lowest BCUT2D eigenvalue weighted by Crippen LogP contribution is -2.42. The van der Waals surface area contributed by atoms with Gasteiger partial charge in [0, 0.05) is 43.7 Å². The average molecular weight is 383 g/mol. The Morgan fingerprint density at radius 3 is 2.96 bits per heavy atom. The van der Waals surface area contributed by atoms with E-state index in [1.807, 2.05) is 17.0 Å². The lowest BCUT2D eigenvalue weighted by Gasteiger charge is -2.32. The Morgan fingerprint density at radius 2 is 2.00 bits per heavy atom. The summed E-state index contributed by atoms with van der Waals surface area (Å²) in [6, 6.07) is 5.38. The minimum Gasteiger partial charge on any atom is -0.454 e. The van der Waals surface area contributed by atoms with Gasteiger partial charge in [-0.2, -0.15) is 0 Å². The summed E-state index contributed by atoms with van der Waals surface area (Å²) in [4.78, 5) is 14.7. The van der Waals surface area contributed by atoms with Gasteiger partial charge in [-0.05, 0) is 37.8 Å². The summed E-state index contributed by atoms with van der Waals surface area (Å²) in [5.41, 5.74) is 0.715. The van der Waals surface area contributed by atoms with Crippen LogP contribution in [0.1, 0.15) is 49.7 Å². The van der Waals surface area contributed by atoms with Gasteiger partial charge < -0.3 is 24.3 Å². The molecule has 8 nitrogen and oxygen atoms in total. The number of aryl methyl sites for hydroxylation is 1. The topological polar surface area (TPSA) is 81.5 Å². The largest absolute Gasteiger partial charge is 0.454 e. The molecule has 0 unspecified atom stereocenters. The van der Waals surface area contributed by atoms with Crippen LogP contribution in [0.2, 0.25) is 0 Å². The fourth-order valence-electron chi connectivity index (χ4n) is 4.36.